The zero-order valence-electron chi connectivity index (χ0n) is 7.97. The van der Waals surface area contributed by atoms with Gasteiger partial charge < -0.3 is 10.6 Å². The van der Waals surface area contributed by atoms with Crippen molar-refractivity contribution in [3.63, 3.8) is 0 Å². The Morgan fingerprint density at radius 3 is 2.85 bits per heavy atom. The maximum absolute atomic E-state index is 5.10. The summed E-state index contributed by atoms with van der Waals surface area (Å²) in [5.74, 6) is 3.29. The molecule has 0 amide bonds. The van der Waals surface area contributed by atoms with Crippen LogP contribution in [0.15, 0.2) is 0 Å². The Morgan fingerprint density at radius 1 is 1.69 bits per heavy atom. The molecule has 1 saturated carbocycles. The molecule has 0 aromatic carbocycles. The Balaban J connectivity index is 2.15. The van der Waals surface area contributed by atoms with E-state index in [1.165, 1.54) is 19.3 Å². The zero-order chi connectivity index (χ0) is 9.68. The molecule has 1 unspecified atom stereocenters. The average molecular weight is 196 g/mol. The SMILES string of the molecule is C#CCNC(=S)NC(C)C1CCC1. The van der Waals surface area contributed by atoms with Gasteiger partial charge in [-0.1, -0.05) is 12.3 Å². The van der Waals surface area contributed by atoms with Gasteiger partial charge in [0.2, 0.25) is 0 Å². The van der Waals surface area contributed by atoms with E-state index in [1.54, 1.807) is 0 Å². The molecule has 2 nitrogen and oxygen atoms in total. The van der Waals surface area contributed by atoms with Gasteiger partial charge in [-0.05, 0) is 37.9 Å². The molecule has 0 heterocycles. The number of nitrogens with one attached hydrogen (secondary N) is 2. The Bertz CT molecular complexity index is 215. The third kappa shape index (κ3) is 3.23. The molecule has 72 valence electrons. The van der Waals surface area contributed by atoms with Gasteiger partial charge >= 0.3 is 0 Å². The highest BCUT2D eigenvalue weighted by molar-refractivity contribution is 7.80. The van der Waals surface area contributed by atoms with Crippen molar-refractivity contribution in [1.29, 1.82) is 0 Å². The Morgan fingerprint density at radius 2 is 2.38 bits per heavy atom. The van der Waals surface area contributed by atoms with Gasteiger partial charge in [0.05, 0.1) is 6.54 Å². The first-order valence-corrected chi connectivity index (χ1v) is 5.12. The van der Waals surface area contributed by atoms with Crippen LogP contribution in [0.5, 0.6) is 0 Å². The summed E-state index contributed by atoms with van der Waals surface area (Å²) in [6.45, 7) is 2.68. The van der Waals surface area contributed by atoms with Gasteiger partial charge in [0.25, 0.3) is 0 Å². The fourth-order valence-corrected chi connectivity index (χ4v) is 1.70. The van der Waals surface area contributed by atoms with Crippen molar-refractivity contribution in [2.45, 2.75) is 32.2 Å². The van der Waals surface area contributed by atoms with Crippen molar-refractivity contribution in [2.75, 3.05) is 6.54 Å². The van der Waals surface area contributed by atoms with Gasteiger partial charge in [-0.25, -0.2) is 0 Å². The van der Waals surface area contributed by atoms with Crippen LogP contribution in [-0.4, -0.2) is 17.7 Å². The van der Waals surface area contributed by atoms with Crippen molar-refractivity contribution in [3.05, 3.63) is 0 Å². The Hall–Kier alpha value is -0.750. The first-order chi connectivity index (χ1) is 6.24. The topological polar surface area (TPSA) is 24.1 Å². The van der Waals surface area contributed by atoms with Crippen molar-refractivity contribution in [2.24, 2.45) is 5.92 Å². The smallest absolute Gasteiger partial charge is 0.167 e. The molecule has 2 N–H and O–H groups in total. The van der Waals surface area contributed by atoms with Crippen molar-refractivity contribution < 1.29 is 0 Å². The molecule has 1 aliphatic carbocycles. The average Bonchev–Trinajstić information content (AvgIpc) is 1.97. The predicted molar refractivity (Wildman–Crippen MR) is 59.4 cm³/mol. The summed E-state index contributed by atoms with van der Waals surface area (Å²) in [6.07, 6.45) is 9.12. The Labute approximate surface area is 85.5 Å². The van der Waals surface area contributed by atoms with E-state index in [1.807, 2.05) is 0 Å². The summed E-state index contributed by atoms with van der Waals surface area (Å²) in [4.78, 5) is 0. The lowest BCUT2D eigenvalue weighted by molar-refractivity contribution is 0.258. The molecule has 0 spiro atoms. The van der Waals surface area contributed by atoms with Gasteiger partial charge in [0, 0.05) is 6.04 Å². The lowest BCUT2D eigenvalue weighted by Gasteiger charge is -2.32. The molecule has 0 aliphatic heterocycles. The molecule has 1 atom stereocenters. The van der Waals surface area contributed by atoms with Crippen LogP contribution >= 0.6 is 12.2 Å². The van der Waals surface area contributed by atoms with E-state index in [0.29, 0.717) is 17.7 Å². The maximum Gasteiger partial charge on any atom is 0.167 e. The molecule has 0 bridgehead atoms. The van der Waals surface area contributed by atoms with E-state index in [2.05, 4.69) is 23.5 Å². The van der Waals surface area contributed by atoms with Crippen LogP contribution in [-0.2, 0) is 0 Å². The maximum atomic E-state index is 5.10. The van der Waals surface area contributed by atoms with Crippen molar-refractivity contribution >= 4 is 17.3 Å². The standard InChI is InChI=1S/C10H16N2S/c1-3-7-11-10(13)12-8(2)9-5-4-6-9/h1,8-9H,4-7H2,2H3,(H2,11,12,13). The number of rotatable bonds is 3. The minimum atomic E-state index is 0.478. The fraction of sp³-hybridized carbons (Fsp3) is 0.700. The first-order valence-electron chi connectivity index (χ1n) is 4.72. The van der Waals surface area contributed by atoms with Crippen LogP contribution in [0.1, 0.15) is 26.2 Å². The van der Waals surface area contributed by atoms with E-state index in [9.17, 15) is 0 Å². The second-order valence-electron chi connectivity index (χ2n) is 3.51. The summed E-state index contributed by atoms with van der Waals surface area (Å²) in [7, 11) is 0. The van der Waals surface area contributed by atoms with E-state index in [-0.39, 0.29) is 0 Å². The molecule has 13 heavy (non-hydrogen) atoms. The predicted octanol–water partition coefficient (Wildman–Crippen LogP) is 1.27. The van der Waals surface area contributed by atoms with Gasteiger partial charge in [-0.2, -0.15) is 0 Å². The van der Waals surface area contributed by atoms with Crippen LogP contribution in [0.25, 0.3) is 0 Å². The summed E-state index contributed by atoms with van der Waals surface area (Å²) in [6, 6.07) is 0.478. The molecule has 0 radical (unpaired) electrons. The quantitative estimate of drug-likeness (QED) is 0.525. The molecular weight excluding hydrogens is 180 g/mol. The molecule has 0 aromatic rings. The van der Waals surface area contributed by atoms with Crippen LogP contribution in [0.3, 0.4) is 0 Å². The molecular formula is C10H16N2S. The van der Waals surface area contributed by atoms with Gasteiger partial charge in [0.15, 0.2) is 5.11 Å². The van der Waals surface area contributed by atoms with Gasteiger partial charge in [-0.15, -0.1) is 6.42 Å². The van der Waals surface area contributed by atoms with E-state index < -0.39 is 0 Å². The number of terminal acetylenes is 1. The number of hydrogen-bond donors (Lipinski definition) is 2. The molecule has 1 rings (SSSR count). The highest BCUT2D eigenvalue weighted by Gasteiger charge is 2.23. The summed E-state index contributed by atoms with van der Waals surface area (Å²) in [5, 5.41) is 6.87. The highest BCUT2D eigenvalue weighted by Crippen LogP contribution is 2.29. The third-order valence-corrected chi connectivity index (χ3v) is 2.83. The van der Waals surface area contributed by atoms with E-state index >= 15 is 0 Å². The summed E-state index contributed by atoms with van der Waals surface area (Å²) >= 11 is 5.07. The first kappa shape index (κ1) is 10.3. The zero-order valence-corrected chi connectivity index (χ0v) is 8.79. The van der Waals surface area contributed by atoms with Crippen LogP contribution in [0.2, 0.25) is 0 Å². The number of thiocarbonyl (C=S) groups is 1. The molecule has 1 fully saturated rings. The molecule has 3 heteroatoms. The number of hydrogen-bond acceptors (Lipinski definition) is 1. The largest absolute Gasteiger partial charge is 0.360 e. The monoisotopic (exact) mass is 196 g/mol. The normalized spacial score (nSPS) is 18.2. The fourth-order valence-electron chi connectivity index (χ4n) is 1.45. The van der Waals surface area contributed by atoms with E-state index in [4.69, 9.17) is 18.6 Å². The summed E-state index contributed by atoms with van der Waals surface area (Å²) in [5.41, 5.74) is 0. The lowest BCUT2D eigenvalue weighted by atomic mass is 9.80. The van der Waals surface area contributed by atoms with Crippen LogP contribution < -0.4 is 10.6 Å². The molecule has 0 aromatic heterocycles. The van der Waals surface area contributed by atoms with Crippen LogP contribution in [0, 0.1) is 18.3 Å². The van der Waals surface area contributed by atoms with Gasteiger partial charge in [0.1, 0.15) is 0 Å². The molecule has 0 saturated heterocycles. The second kappa shape index (κ2) is 5.08. The third-order valence-electron chi connectivity index (χ3n) is 2.57. The van der Waals surface area contributed by atoms with Gasteiger partial charge in [-0.3, -0.25) is 0 Å². The highest BCUT2D eigenvalue weighted by atomic mass is 32.1. The second-order valence-corrected chi connectivity index (χ2v) is 3.92. The lowest BCUT2D eigenvalue weighted by Crippen LogP contribution is -2.45. The minimum absolute atomic E-state index is 0.478. The minimum Gasteiger partial charge on any atom is -0.360 e. The Kier molecular flexibility index (Phi) is 4.04. The van der Waals surface area contributed by atoms with E-state index in [0.717, 1.165) is 5.92 Å². The van der Waals surface area contributed by atoms with Crippen molar-refractivity contribution in [1.82, 2.24) is 10.6 Å². The molecule has 1 aliphatic rings. The van der Waals surface area contributed by atoms with Crippen molar-refractivity contribution in [3.8, 4) is 12.3 Å². The van der Waals surface area contributed by atoms with Crippen LogP contribution in [0.4, 0.5) is 0 Å². The summed E-state index contributed by atoms with van der Waals surface area (Å²) < 4.78 is 0.